The van der Waals surface area contributed by atoms with Gasteiger partial charge in [0.1, 0.15) is 11.8 Å². The molecule has 5 nitrogen and oxygen atoms in total. The fourth-order valence-electron chi connectivity index (χ4n) is 1.35. The Morgan fingerprint density at radius 3 is 3.00 bits per heavy atom. The molecule has 2 heterocycles. The molecule has 0 saturated carbocycles. The molecule has 0 N–H and O–H groups in total. The molecule has 0 aliphatic heterocycles. The van der Waals surface area contributed by atoms with Crippen molar-refractivity contribution in [3.63, 3.8) is 0 Å². The van der Waals surface area contributed by atoms with Crippen LogP contribution in [0.2, 0.25) is 5.15 Å². The second-order valence-corrected chi connectivity index (χ2v) is 3.37. The Bertz CT molecular complexity index is 535. The van der Waals surface area contributed by atoms with E-state index in [1.54, 1.807) is 10.6 Å². The van der Waals surface area contributed by atoms with E-state index in [4.69, 9.17) is 11.6 Å². The maximum absolute atomic E-state index is 11.3. The van der Waals surface area contributed by atoms with Crippen LogP contribution in [0, 0.1) is 6.92 Å². The molecule has 0 aliphatic carbocycles. The zero-order valence-corrected chi connectivity index (χ0v) is 8.95. The van der Waals surface area contributed by atoms with E-state index in [0.29, 0.717) is 5.52 Å². The normalized spacial score (nSPS) is 10.6. The first-order valence-electron chi connectivity index (χ1n) is 4.21. The summed E-state index contributed by atoms with van der Waals surface area (Å²) in [4.78, 5) is 19.3. The number of hydrogen-bond acceptors (Lipinski definition) is 4. The third kappa shape index (κ3) is 1.55. The highest BCUT2D eigenvalue weighted by atomic mass is 35.5. The van der Waals surface area contributed by atoms with Crippen LogP contribution in [0.5, 0.6) is 0 Å². The molecule has 0 radical (unpaired) electrons. The third-order valence-electron chi connectivity index (χ3n) is 1.97. The minimum Gasteiger partial charge on any atom is -0.464 e. The van der Waals surface area contributed by atoms with E-state index in [1.807, 2.05) is 6.92 Å². The fourth-order valence-corrected chi connectivity index (χ4v) is 1.67. The van der Waals surface area contributed by atoms with E-state index in [2.05, 4.69) is 14.7 Å². The van der Waals surface area contributed by atoms with Gasteiger partial charge in [-0.05, 0) is 6.92 Å². The summed E-state index contributed by atoms with van der Waals surface area (Å²) < 4.78 is 6.24. The lowest BCUT2D eigenvalue weighted by atomic mass is 10.4. The summed E-state index contributed by atoms with van der Waals surface area (Å²) >= 11 is 5.93. The van der Waals surface area contributed by atoms with Crippen molar-refractivity contribution in [3.8, 4) is 0 Å². The molecule has 0 aliphatic rings. The fraction of sp³-hybridized carbons (Fsp3) is 0.222. The van der Waals surface area contributed by atoms with Crippen molar-refractivity contribution in [2.45, 2.75) is 6.92 Å². The molecule has 0 bridgehead atoms. The lowest BCUT2D eigenvalue weighted by molar-refractivity contribution is 0.0597. The minimum atomic E-state index is -0.523. The molecule has 0 fully saturated rings. The van der Waals surface area contributed by atoms with E-state index in [1.165, 1.54) is 13.4 Å². The molecule has 0 saturated heterocycles. The number of ether oxygens (including phenoxy) is 1. The van der Waals surface area contributed by atoms with Crippen LogP contribution < -0.4 is 0 Å². The quantitative estimate of drug-likeness (QED) is 0.690. The lowest BCUT2D eigenvalue weighted by Gasteiger charge is -2.00. The molecule has 2 aromatic rings. The van der Waals surface area contributed by atoms with Crippen molar-refractivity contribution in [2.75, 3.05) is 7.11 Å². The van der Waals surface area contributed by atoms with Crippen LogP contribution in [0.3, 0.4) is 0 Å². The highest BCUT2D eigenvalue weighted by molar-refractivity contribution is 6.33. The topological polar surface area (TPSA) is 56.5 Å². The van der Waals surface area contributed by atoms with Crippen LogP contribution in [-0.4, -0.2) is 27.4 Å². The second kappa shape index (κ2) is 3.51. The van der Waals surface area contributed by atoms with Crippen LogP contribution in [0.4, 0.5) is 0 Å². The summed E-state index contributed by atoms with van der Waals surface area (Å²) in [6.07, 6.45) is 3.24. The first-order chi connectivity index (χ1) is 7.13. The Balaban J connectivity index is 2.74. The number of fused-ring (bicyclic) bond motifs is 1. The highest BCUT2D eigenvalue weighted by Gasteiger charge is 2.17. The van der Waals surface area contributed by atoms with Crippen molar-refractivity contribution in [3.05, 3.63) is 29.1 Å². The Hall–Kier alpha value is -1.62. The van der Waals surface area contributed by atoms with Crippen LogP contribution in [0.1, 0.15) is 16.2 Å². The zero-order valence-electron chi connectivity index (χ0n) is 8.19. The molecule has 2 rings (SSSR count). The van der Waals surface area contributed by atoms with Crippen molar-refractivity contribution in [2.24, 2.45) is 0 Å². The van der Waals surface area contributed by atoms with Gasteiger partial charge in [-0.3, -0.25) is 0 Å². The van der Waals surface area contributed by atoms with E-state index >= 15 is 0 Å². The second-order valence-electron chi connectivity index (χ2n) is 3.01. The predicted molar refractivity (Wildman–Crippen MR) is 54.1 cm³/mol. The predicted octanol–water partition coefficient (Wildman–Crippen LogP) is 1.48. The molecule has 0 atom stereocenters. The van der Waals surface area contributed by atoms with Gasteiger partial charge >= 0.3 is 5.97 Å². The Kier molecular flexibility index (Phi) is 2.32. The van der Waals surface area contributed by atoms with E-state index in [9.17, 15) is 4.79 Å². The standard InChI is InChI=1S/C9H8ClN3O2/c1-5-3-13-4-11-6(9(14)15-2)7(13)8(10)12-5/h3-4H,1-2H3. The summed E-state index contributed by atoms with van der Waals surface area (Å²) in [6.45, 7) is 1.81. The summed E-state index contributed by atoms with van der Waals surface area (Å²) in [5, 5.41) is 0.243. The number of methoxy groups -OCH3 is 1. The highest BCUT2D eigenvalue weighted by Crippen LogP contribution is 2.19. The van der Waals surface area contributed by atoms with E-state index < -0.39 is 5.97 Å². The van der Waals surface area contributed by atoms with Crippen molar-refractivity contribution < 1.29 is 9.53 Å². The number of nitrogens with zero attached hydrogens (tertiary/aromatic N) is 3. The maximum atomic E-state index is 11.3. The number of esters is 1. The molecular formula is C9H8ClN3O2. The summed E-state index contributed by atoms with van der Waals surface area (Å²) in [5.74, 6) is -0.523. The number of imidazole rings is 1. The molecule has 0 aromatic carbocycles. The van der Waals surface area contributed by atoms with Gasteiger partial charge in [0, 0.05) is 6.20 Å². The van der Waals surface area contributed by atoms with Crippen molar-refractivity contribution in [1.82, 2.24) is 14.4 Å². The first kappa shape index (κ1) is 9.92. The minimum absolute atomic E-state index is 0.176. The number of aromatic nitrogens is 3. The SMILES string of the molecule is COC(=O)c1ncn2cc(C)nc(Cl)c12. The Labute approximate surface area is 90.7 Å². The van der Waals surface area contributed by atoms with Crippen molar-refractivity contribution >= 4 is 23.1 Å². The molecule has 0 spiro atoms. The largest absolute Gasteiger partial charge is 0.464 e. The molecule has 78 valence electrons. The van der Waals surface area contributed by atoms with Gasteiger partial charge in [0.2, 0.25) is 0 Å². The van der Waals surface area contributed by atoms with Crippen LogP contribution in [0.25, 0.3) is 5.52 Å². The van der Waals surface area contributed by atoms with Gasteiger partial charge < -0.3 is 9.14 Å². The van der Waals surface area contributed by atoms with E-state index in [-0.39, 0.29) is 10.8 Å². The van der Waals surface area contributed by atoms with Gasteiger partial charge in [0.05, 0.1) is 12.8 Å². The molecule has 2 aromatic heterocycles. The maximum Gasteiger partial charge on any atom is 0.359 e. The number of aryl methyl sites for hydroxylation is 1. The zero-order chi connectivity index (χ0) is 11.0. The van der Waals surface area contributed by atoms with Crippen LogP contribution in [0.15, 0.2) is 12.5 Å². The number of rotatable bonds is 1. The van der Waals surface area contributed by atoms with Crippen LogP contribution >= 0.6 is 11.6 Å². The molecule has 0 amide bonds. The van der Waals surface area contributed by atoms with Crippen molar-refractivity contribution in [1.29, 1.82) is 0 Å². The summed E-state index contributed by atoms with van der Waals surface area (Å²) in [7, 11) is 1.29. The average Bonchev–Trinajstić information content (AvgIpc) is 2.60. The smallest absolute Gasteiger partial charge is 0.359 e. The number of hydrogen-bond donors (Lipinski definition) is 0. The third-order valence-corrected chi connectivity index (χ3v) is 2.23. The van der Waals surface area contributed by atoms with Gasteiger partial charge in [-0.15, -0.1) is 0 Å². The monoisotopic (exact) mass is 225 g/mol. The van der Waals surface area contributed by atoms with Crippen LogP contribution in [-0.2, 0) is 4.74 Å². The molecular weight excluding hydrogens is 218 g/mol. The molecule has 15 heavy (non-hydrogen) atoms. The number of halogens is 1. The van der Waals surface area contributed by atoms with Gasteiger partial charge in [0.25, 0.3) is 0 Å². The summed E-state index contributed by atoms with van der Waals surface area (Å²) in [6, 6.07) is 0. The van der Waals surface area contributed by atoms with Gasteiger partial charge in [-0.25, -0.2) is 14.8 Å². The average molecular weight is 226 g/mol. The number of carbonyl (C=O) groups is 1. The first-order valence-corrected chi connectivity index (χ1v) is 4.59. The summed E-state index contributed by atoms with van der Waals surface area (Å²) in [5.41, 5.74) is 1.39. The molecule has 6 heteroatoms. The van der Waals surface area contributed by atoms with Gasteiger partial charge in [0.15, 0.2) is 10.8 Å². The Morgan fingerprint density at radius 1 is 1.60 bits per heavy atom. The molecule has 0 unspecified atom stereocenters. The van der Waals surface area contributed by atoms with Gasteiger partial charge in [-0.2, -0.15) is 0 Å². The lowest BCUT2D eigenvalue weighted by Crippen LogP contribution is -2.03. The van der Waals surface area contributed by atoms with Gasteiger partial charge in [-0.1, -0.05) is 11.6 Å². The van der Waals surface area contributed by atoms with E-state index in [0.717, 1.165) is 5.69 Å². The Morgan fingerprint density at radius 2 is 2.33 bits per heavy atom. The number of carbonyl (C=O) groups excluding carboxylic acids is 1.